The lowest BCUT2D eigenvalue weighted by Crippen LogP contribution is -2.44. The molecule has 1 aliphatic carbocycles. The Morgan fingerprint density at radius 3 is 0.818 bits per heavy atom. The quantitative estimate of drug-likeness (QED) is 0.588. The van der Waals surface area contributed by atoms with Gasteiger partial charge in [-0.15, -0.1) is 0 Å². The van der Waals surface area contributed by atoms with Crippen molar-refractivity contribution in [3.8, 4) is 0 Å². The van der Waals surface area contributed by atoms with Crippen LogP contribution in [0.4, 0.5) is 0 Å². The minimum absolute atomic E-state index is 0.169. The summed E-state index contributed by atoms with van der Waals surface area (Å²) in [6.07, 6.45) is 1.23. The van der Waals surface area contributed by atoms with Gasteiger partial charge in [0.05, 0.1) is 16.6 Å². The maximum Gasteiger partial charge on any atom is 0.240 e. The molecule has 0 aromatic carbocycles. The van der Waals surface area contributed by atoms with Gasteiger partial charge in [0.1, 0.15) is 0 Å². The summed E-state index contributed by atoms with van der Waals surface area (Å²) < 4.78 is 0. The summed E-state index contributed by atoms with van der Waals surface area (Å²) in [7, 11) is 0. The normalized spacial score (nSPS) is 15.1. The maximum absolute atomic E-state index is 12.3. The first-order valence-electron chi connectivity index (χ1n) is 11.3. The lowest BCUT2D eigenvalue weighted by atomic mass is 9.94. The van der Waals surface area contributed by atoms with Gasteiger partial charge >= 0.3 is 0 Å². The number of hydrogen-bond donors (Lipinski definition) is 0. The molecule has 9 nitrogen and oxygen atoms in total. The van der Waals surface area contributed by atoms with Crippen LogP contribution in [0.1, 0.15) is 102 Å². The van der Waals surface area contributed by atoms with E-state index in [2.05, 4.69) is 15.3 Å². The zero-order chi connectivity index (χ0) is 25.9. The Morgan fingerprint density at radius 2 is 0.697 bits per heavy atom. The fourth-order valence-corrected chi connectivity index (χ4v) is 3.61. The Kier molecular flexibility index (Phi) is 8.74. The standard InChI is InChI=1S/C24H42N6O3/c1-16(31)28(22(4,5)6)25-19-13-20(26-29(17(2)32)23(7,8)9)15-21(14-19)27-30(18(3)33)24(10,11)12/h13-15H2,1-12H3. The lowest BCUT2D eigenvalue weighted by molar-refractivity contribution is -0.134. The molecule has 9 heteroatoms. The molecule has 1 aliphatic rings. The van der Waals surface area contributed by atoms with Crippen LogP contribution in [0.5, 0.6) is 0 Å². The van der Waals surface area contributed by atoms with Crippen LogP contribution in [-0.4, -0.2) is 66.5 Å². The molecule has 186 valence electrons. The van der Waals surface area contributed by atoms with E-state index in [9.17, 15) is 14.4 Å². The number of nitrogens with zero attached hydrogens (tertiary/aromatic N) is 6. The molecule has 0 spiro atoms. The molecule has 1 saturated carbocycles. The summed E-state index contributed by atoms with van der Waals surface area (Å²) in [4.78, 5) is 36.8. The largest absolute Gasteiger partial charge is 0.273 e. The minimum Gasteiger partial charge on any atom is -0.273 e. The van der Waals surface area contributed by atoms with Crippen molar-refractivity contribution < 1.29 is 14.4 Å². The third kappa shape index (κ3) is 8.37. The zero-order valence-electron chi connectivity index (χ0n) is 22.5. The molecule has 3 amide bonds. The van der Waals surface area contributed by atoms with E-state index < -0.39 is 16.6 Å². The van der Waals surface area contributed by atoms with Crippen molar-refractivity contribution in [1.82, 2.24) is 15.0 Å². The van der Waals surface area contributed by atoms with E-state index >= 15 is 0 Å². The predicted molar refractivity (Wildman–Crippen MR) is 133 cm³/mol. The summed E-state index contributed by atoms with van der Waals surface area (Å²) >= 11 is 0. The fraction of sp³-hybridized carbons (Fsp3) is 0.750. The molecule has 0 aromatic heterocycles. The van der Waals surface area contributed by atoms with Crippen molar-refractivity contribution in [3.05, 3.63) is 0 Å². The number of amides is 3. The van der Waals surface area contributed by atoms with Gasteiger partial charge in [-0.25, -0.2) is 15.0 Å². The second-order valence-electron chi connectivity index (χ2n) is 11.5. The molecular weight excluding hydrogens is 420 g/mol. The summed E-state index contributed by atoms with van der Waals surface area (Å²) in [5.41, 5.74) is 0.617. The molecule has 0 unspecified atom stereocenters. The van der Waals surface area contributed by atoms with Crippen molar-refractivity contribution in [2.45, 2.75) is 119 Å². The Balaban J connectivity index is 3.61. The highest BCUT2D eigenvalue weighted by atomic mass is 16.2. The number of rotatable bonds is 3. The van der Waals surface area contributed by atoms with Gasteiger partial charge in [-0.2, -0.15) is 15.3 Å². The SMILES string of the molecule is CC(=O)N(N=C1CC(=NN(C(C)=O)C(C)(C)C)CC(=NN(C(C)=O)C(C)(C)C)C1)C(C)(C)C. The van der Waals surface area contributed by atoms with Crippen LogP contribution in [0, 0.1) is 0 Å². The Labute approximate surface area is 198 Å². The van der Waals surface area contributed by atoms with Crippen molar-refractivity contribution >= 4 is 34.9 Å². The highest BCUT2D eigenvalue weighted by molar-refractivity contribution is 6.23. The Hall–Kier alpha value is -2.58. The Morgan fingerprint density at radius 1 is 0.515 bits per heavy atom. The van der Waals surface area contributed by atoms with E-state index in [1.165, 1.54) is 35.8 Å². The number of hydrogen-bond acceptors (Lipinski definition) is 6. The van der Waals surface area contributed by atoms with E-state index in [-0.39, 0.29) is 17.7 Å². The van der Waals surface area contributed by atoms with E-state index in [0.29, 0.717) is 36.4 Å². The topological polar surface area (TPSA) is 98.0 Å². The van der Waals surface area contributed by atoms with Gasteiger partial charge in [-0.05, 0) is 62.3 Å². The predicted octanol–water partition coefficient (Wildman–Crippen LogP) is 4.18. The van der Waals surface area contributed by atoms with E-state index in [0.717, 1.165) is 0 Å². The van der Waals surface area contributed by atoms with Crippen molar-refractivity contribution in [2.24, 2.45) is 15.3 Å². The second-order valence-corrected chi connectivity index (χ2v) is 11.5. The fourth-order valence-electron chi connectivity index (χ4n) is 3.61. The zero-order valence-corrected chi connectivity index (χ0v) is 22.5. The number of carbonyl (C=O) groups is 3. The molecule has 0 heterocycles. The molecule has 1 fully saturated rings. The Bertz CT molecular complexity index is 740. The average Bonchev–Trinajstić information content (AvgIpc) is 2.58. The first-order valence-corrected chi connectivity index (χ1v) is 11.3. The molecule has 33 heavy (non-hydrogen) atoms. The molecule has 0 bridgehead atoms. The van der Waals surface area contributed by atoms with Crippen molar-refractivity contribution in [3.63, 3.8) is 0 Å². The summed E-state index contributed by atoms with van der Waals surface area (Å²) in [5.74, 6) is -0.507. The molecule has 0 radical (unpaired) electrons. The average molecular weight is 463 g/mol. The van der Waals surface area contributed by atoms with E-state index in [1.54, 1.807) is 0 Å². The maximum atomic E-state index is 12.3. The molecule has 0 atom stereocenters. The van der Waals surface area contributed by atoms with Gasteiger partial charge in [0, 0.05) is 57.2 Å². The van der Waals surface area contributed by atoms with E-state index in [1.807, 2.05) is 62.3 Å². The van der Waals surface area contributed by atoms with Crippen LogP contribution >= 0.6 is 0 Å². The van der Waals surface area contributed by atoms with Crippen LogP contribution in [-0.2, 0) is 14.4 Å². The molecular formula is C24H42N6O3. The highest BCUT2D eigenvalue weighted by Crippen LogP contribution is 2.23. The molecule has 0 aliphatic heterocycles. The number of carbonyl (C=O) groups excluding carboxylic acids is 3. The monoisotopic (exact) mass is 462 g/mol. The van der Waals surface area contributed by atoms with Crippen LogP contribution in [0.25, 0.3) is 0 Å². The number of hydrazone groups is 3. The third-order valence-corrected chi connectivity index (χ3v) is 4.75. The van der Waals surface area contributed by atoms with Crippen LogP contribution in [0.15, 0.2) is 15.3 Å². The lowest BCUT2D eigenvalue weighted by Gasteiger charge is -2.34. The minimum atomic E-state index is -0.501. The van der Waals surface area contributed by atoms with Crippen LogP contribution in [0.3, 0.4) is 0 Å². The molecule has 0 aromatic rings. The summed E-state index contributed by atoms with van der Waals surface area (Å²) in [5, 5.41) is 18.4. The van der Waals surface area contributed by atoms with Crippen LogP contribution in [0.2, 0.25) is 0 Å². The smallest absolute Gasteiger partial charge is 0.240 e. The molecule has 0 saturated heterocycles. The van der Waals surface area contributed by atoms with Crippen molar-refractivity contribution in [1.29, 1.82) is 0 Å². The van der Waals surface area contributed by atoms with Gasteiger partial charge in [-0.1, -0.05) is 0 Å². The van der Waals surface area contributed by atoms with Gasteiger partial charge in [-0.3, -0.25) is 14.4 Å². The van der Waals surface area contributed by atoms with Crippen molar-refractivity contribution in [2.75, 3.05) is 0 Å². The van der Waals surface area contributed by atoms with Gasteiger partial charge in [0.2, 0.25) is 17.7 Å². The first kappa shape index (κ1) is 28.5. The first-order chi connectivity index (χ1) is 14.7. The van der Waals surface area contributed by atoms with Crippen LogP contribution < -0.4 is 0 Å². The summed E-state index contributed by atoms with van der Waals surface area (Å²) in [6, 6.07) is 0. The van der Waals surface area contributed by atoms with Gasteiger partial charge in [0.15, 0.2) is 0 Å². The van der Waals surface area contributed by atoms with Gasteiger partial charge in [0.25, 0.3) is 0 Å². The third-order valence-electron chi connectivity index (χ3n) is 4.75. The highest BCUT2D eigenvalue weighted by Gasteiger charge is 2.31. The molecule has 0 N–H and O–H groups in total. The molecule has 1 rings (SSSR count). The van der Waals surface area contributed by atoms with E-state index in [4.69, 9.17) is 0 Å². The second kappa shape index (κ2) is 10.1. The van der Waals surface area contributed by atoms with Gasteiger partial charge < -0.3 is 0 Å². The summed E-state index contributed by atoms with van der Waals surface area (Å²) in [6.45, 7) is 21.7.